The molecule has 2 rings (SSSR count). The molecule has 0 spiro atoms. The van der Waals surface area contributed by atoms with Crippen LogP contribution in [0.15, 0.2) is 24.3 Å². The van der Waals surface area contributed by atoms with Crippen LogP contribution in [0.5, 0.6) is 0 Å². The topological polar surface area (TPSA) is 58.6 Å². The summed E-state index contributed by atoms with van der Waals surface area (Å²) in [4.78, 5) is 26.5. The van der Waals surface area contributed by atoms with E-state index in [0.29, 0.717) is 25.1 Å². The van der Waals surface area contributed by atoms with Gasteiger partial charge in [0.25, 0.3) is 0 Å². The largest absolute Gasteiger partial charge is 0.444 e. The fourth-order valence-corrected chi connectivity index (χ4v) is 3.59. The molecular formula is C22H31F3N2O3. The number of alkyl halides is 3. The number of nitrogens with zero attached hydrogens (tertiary/aromatic N) is 1. The third kappa shape index (κ3) is 6.92. The molecule has 1 N–H and O–H groups in total. The smallest absolute Gasteiger partial charge is 0.416 e. The molecule has 1 aromatic rings. The molecular weight excluding hydrogens is 397 g/mol. The third-order valence-electron chi connectivity index (χ3n) is 5.23. The molecule has 5 nitrogen and oxygen atoms in total. The minimum Gasteiger partial charge on any atom is -0.444 e. The summed E-state index contributed by atoms with van der Waals surface area (Å²) in [5, 5.41) is 2.83. The van der Waals surface area contributed by atoms with E-state index in [1.54, 1.807) is 32.6 Å². The second-order valence-corrected chi connectivity index (χ2v) is 9.07. The van der Waals surface area contributed by atoms with Gasteiger partial charge in [-0.05, 0) is 64.2 Å². The predicted octanol–water partition coefficient (Wildman–Crippen LogP) is 4.65. The quantitative estimate of drug-likeness (QED) is 0.743. The number of hydrogen-bond acceptors (Lipinski definition) is 3. The first kappa shape index (κ1) is 24.0. The first-order chi connectivity index (χ1) is 13.8. The Balaban J connectivity index is 1.86. The number of amides is 2. The molecule has 3 atom stereocenters. The summed E-state index contributed by atoms with van der Waals surface area (Å²) < 4.78 is 43.3. The molecule has 0 aliphatic carbocycles. The minimum absolute atomic E-state index is 0.0261. The molecule has 1 saturated heterocycles. The van der Waals surface area contributed by atoms with E-state index in [1.165, 1.54) is 12.1 Å². The number of hydrogen-bond donors (Lipinski definition) is 1. The standard InChI is InChI=1S/C22H31F3N2O3/c1-14(12-16-6-8-18(9-7-16)22(23,24)25)19(28)27-11-10-17(13-27)15(2)26-20(29)30-21(3,4)5/h6-9,14-15,17H,10-13H2,1-5H3,(H,26,29)/t14-,15-,17+/m1/s1. The van der Waals surface area contributed by atoms with Crippen molar-refractivity contribution in [2.45, 2.75) is 65.3 Å². The summed E-state index contributed by atoms with van der Waals surface area (Å²) in [6, 6.07) is 4.80. The highest BCUT2D eigenvalue weighted by Gasteiger charge is 2.33. The summed E-state index contributed by atoms with van der Waals surface area (Å²) >= 11 is 0. The maximum Gasteiger partial charge on any atom is 0.416 e. The molecule has 0 aromatic heterocycles. The van der Waals surface area contributed by atoms with Crippen molar-refractivity contribution in [3.8, 4) is 0 Å². The Morgan fingerprint density at radius 2 is 1.77 bits per heavy atom. The van der Waals surface area contributed by atoms with E-state index in [9.17, 15) is 22.8 Å². The van der Waals surface area contributed by atoms with Crippen molar-refractivity contribution in [1.82, 2.24) is 10.2 Å². The molecule has 30 heavy (non-hydrogen) atoms. The summed E-state index contributed by atoms with van der Waals surface area (Å²) in [6.45, 7) is 10.2. The molecule has 8 heteroatoms. The third-order valence-corrected chi connectivity index (χ3v) is 5.23. The van der Waals surface area contributed by atoms with Crippen molar-refractivity contribution in [3.63, 3.8) is 0 Å². The van der Waals surface area contributed by atoms with E-state index in [2.05, 4.69) is 5.32 Å². The second kappa shape index (κ2) is 9.27. The van der Waals surface area contributed by atoms with E-state index in [0.717, 1.165) is 18.6 Å². The average Bonchev–Trinajstić information content (AvgIpc) is 3.09. The zero-order valence-corrected chi connectivity index (χ0v) is 18.2. The highest BCUT2D eigenvalue weighted by molar-refractivity contribution is 5.79. The molecule has 1 aliphatic heterocycles. The van der Waals surface area contributed by atoms with Crippen molar-refractivity contribution in [2.24, 2.45) is 11.8 Å². The molecule has 0 bridgehead atoms. The number of ether oxygens (including phenoxy) is 1. The van der Waals surface area contributed by atoms with Crippen LogP contribution in [0.4, 0.5) is 18.0 Å². The van der Waals surface area contributed by atoms with Crippen molar-refractivity contribution < 1.29 is 27.5 Å². The monoisotopic (exact) mass is 428 g/mol. The number of carbonyl (C=O) groups excluding carboxylic acids is 2. The number of carbonyl (C=O) groups is 2. The van der Waals surface area contributed by atoms with Gasteiger partial charge in [-0.15, -0.1) is 0 Å². The zero-order valence-electron chi connectivity index (χ0n) is 18.2. The summed E-state index contributed by atoms with van der Waals surface area (Å²) in [5.41, 5.74) is -0.575. The molecule has 1 heterocycles. The van der Waals surface area contributed by atoms with E-state index in [4.69, 9.17) is 4.74 Å². The van der Waals surface area contributed by atoms with Gasteiger partial charge in [0, 0.05) is 25.0 Å². The van der Waals surface area contributed by atoms with E-state index in [1.807, 2.05) is 6.92 Å². The van der Waals surface area contributed by atoms with Crippen molar-refractivity contribution in [3.05, 3.63) is 35.4 Å². The Morgan fingerprint density at radius 1 is 1.17 bits per heavy atom. The molecule has 168 valence electrons. The normalized spacial score (nSPS) is 19.3. The first-order valence-corrected chi connectivity index (χ1v) is 10.2. The first-order valence-electron chi connectivity index (χ1n) is 10.2. The van der Waals surface area contributed by atoms with Gasteiger partial charge in [0.2, 0.25) is 5.91 Å². The predicted molar refractivity (Wildman–Crippen MR) is 108 cm³/mol. The SMILES string of the molecule is C[C@H](Cc1ccc(C(F)(F)F)cc1)C(=O)N1CC[C@H]([C@@H](C)NC(=O)OC(C)(C)C)C1. The van der Waals surface area contributed by atoms with Gasteiger partial charge < -0.3 is 15.0 Å². The number of halogens is 3. The van der Waals surface area contributed by atoms with Gasteiger partial charge in [-0.1, -0.05) is 19.1 Å². The number of alkyl carbamates (subject to hydrolysis) is 1. The highest BCUT2D eigenvalue weighted by atomic mass is 19.4. The van der Waals surface area contributed by atoms with Gasteiger partial charge in [-0.2, -0.15) is 13.2 Å². The van der Waals surface area contributed by atoms with E-state index < -0.39 is 23.4 Å². The van der Waals surface area contributed by atoms with Crippen molar-refractivity contribution >= 4 is 12.0 Å². The Morgan fingerprint density at radius 3 is 2.30 bits per heavy atom. The fraction of sp³-hybridized carbons (Fsp3) is 0.636. The number of likely N-dealkylation sites (tertiary alicyclic amines) is 1. The molecule has 0 radical (unpaired) electrons. The van der Waals surface area contributed by atoms with Crippen LogP contribution >= 0.6 is 0 Å². The lowest BCUT2D eigenvalue weighted by Gasteiger charge is -2.25. The van der Waals surface area contributed by atoms with Crippen molar-refractivity contribution in [1.29, 1.82) is 0 Å². The molecule has 0 unspecified atom stereocenters. The Kier molecular flexibility index (Phi) is 7.42. The van der Waals surface area contributed by atoms with Gasteiger partial charge in [-0.3, -0.25) is 4.79 Å². The minimum atomic E-state index is -4.37. The van der Waals surface area contributed by atoms with Gasteiger partial charge in [-0.25, -0.2) is 4.79 Å². The van der Waals surface area contributed by atoms with Crippen LogP contribution in [-0.2, 0) is 22.1 Å². The summed E-state index contributed by atoms with van der Waals surface area (Å²) in [5.74, 6) is -0.240. The Bertz CT molecular complexity index is 741. The van der Waals surface area contributed by atoms with Crippen LogP contribution in [0.3, 0.4) is 0 Å². The van der Waals surface area contributed by atoms with Crippen LogP contribution in [-0.4, -0.2) is 41.6 Å². The maximum absolute atomic E-state index is 12.8. The molecule has 2 amide bonds. The van der Waals surface area contributed by atoms with Gasteiger partial charge >= 0.3 is 12.3 Å². The average molecular weight is 428 g/mol. The number of nitrogens with one attached hydrogen (secondary N) is 1. The summed E-state index contributed by atoms with van der Waals surface area (Å²) in [7, 11) is 0. The second-order valence-electron chi connectivity index (χ2n) is 9.07. The highest BCUT2D eigenvalue weighted by Crippen LogP contribution is 2.29. The lowest BCUT2D eigenvalue weighted by atomic mass is 9.98. The van der Waals surface area contributed by atoms with Crippen molar-refractivity contribution in [2.75, 3.05) is 13.1 Å². The van der Waals surface area contributed by atoms with Crippen LogP contribution in [0.2, 0.25) is 0 Å². The molecule has 1 aliphatic rings. The molecule has 0 saturated carbocycles. The van der Waals surface area contributed by atoms with E-state index in [-0.39, 0.29) is 23.8 Å². The summed E-state index contributed by atoms with van der Waals surface area (Å²) in [6.07, 6.45) is -3.69. The Hall–Kier alpha value is -2.25. The van der Waals surface area contributed by atoms with Crippen LogP contribution in [0.1, 0.15) is 52.2 Å². The lowest BCUT2D eigenvalue weighted by Crippen LogP contribution is -2.42. The van der Waals surface area contributed by atoms with Crippen LogP contribution < -0.4 is 5.32 Å². The van der Waals surface area contributed by atoms with Crippen LogP contribution in [0.25, 0.3) is 0 Å². The Labute approximate surface area is 176 Å². The number of rotatable bonds is 5. The van der Waals surface area contributed by atoms with E-state index >= 15 is 0 Å². The van der Waals surface area contributed by atoms with Crippen LogP contribution in [0, 0.1) is 11.8 Å². The zero-order chi connectivity index (χ0) is 22.7. The molecule has 1 fully saturated rings. The van der Waals surface area contributed by atoms with Gasteiger partial charge in [0.15, 0.2) is 0 Å². The van der Waals surface area contributed by atoms with Gasteiger partial charge in [0.05, 0.1) is 5.56 Å². The molecule has 1 aromatic carbocycles. The maximum atomic E-state index is 12.8. The van der Waals surface area contributed by atoms with Gasteiger partial charge in [0.1, 0.15) is 5.60 Å². The number of benzene rings is 1. The lowest BCUT2D eigenvalue weighted by molar-refractivity contribution is -0.137. The fourth-order valence-electron chi connectivity index (χ4n) is 3.59.